The molecule has 0 fully saturated rings. The molecule has 3 heteroatoms. The first kappa shape index (κ1) is 11.0. The Balaban J connectivity index is 1.99. The molecule has 14 heavy (non-hydrogen) atoms. The summed E-state index contributed by atoms with van der Waals surface area (Å²) in [5.74, 6) is 0.859. The molecule has 0 aliphatic carbocycles. The molecule has 78 valence electrons. The predicted octanol–water partition coefficient (Wildman–Crippen LogP) is 1.46. The minimum atomic E-state index is 0.180. The number of aliphatic hydroxyl groups excluding tert-OH is 1. The van der Waals surface area contributed by atoms with Crippen molar-refractivity contribution in [2.75, 3.05) is 26.4 Å². The zero-order valence-electron chi connectivity index (χ0n) is 8.19. The van der Waals surface area contributed by atoms with Crippen LogP contribution in [-0.2, 0) is 4.74 Å². The fourth-order valence-electron chi connectivity index (χ4n) is 1.00. The van der Waals surface area contributed by atoms with Gasteiger partial charge < -0.3 is 14.6 Å². The van der Waals surface area contributed by atoms with Crippen LogP contribution in [0.15, 0.2) is 30.3 Å². The average Bonchev–Trinajstić information content (AvgIpc) is 2.25. The molecule has 0 amide bonds. The first-order valence-electron chi connectivity index (χ1n) is 4.80. The lowest BCUT2D eigenvalue weighted by atomic mass is 10.3. The first-order valence-corrected chi connectivity index (χ1v) is 4.80. The topological polar surface area (TPSA) is 38.7 Å². The van der Waals surface area contributed by atoms with Gasteiger partial charge in [-0.1, -0.05) is 18.2 Å². The molecule has 1 rings (SSSR count). The summed E-state index contributed by atoms with van der Waals surface area (Å²) in [6.07, 6.45) is 0.686. The van der Waals surface area contributed by atoms with Gasteiger partial charge in [0.25, 0.3) is 0 Å². The van der Waals surface area contributed by atoms with E-state index in [1.165, 1.54) is 0 Å². The molecule has 0 heterocycles. The van der Waals surface area contributed by atoms with Crippen LogP contribution >= 0.6 is 0 Å². The number of hydrogen-bond acceptors (Lipinski definition) is 3. The molecular formula is C11H16O3. The molecule has 0 spiro atoms. The number of para-hydroxylation sites is 1. The van der Waals surface area contributed by atoms with Crippen molar-refractivity contribution in [1.82, 2.24) is 0 Å². The van der Waals surface area contributed by atoms with Crippen molar-refractivity contribution in [1.29, 1.82) is 0 Å². The summed E-state index contributed by atoms with van der Waals surface area (Å²) in [5.41, 5.74) is 0. The summed E-state index contributed by atoms with van der Waals surface area (Å²) in [6, 6.07) is 9.63. The molecule has 3 nitrogen and oxygen atoms in total. The highest BCUT2D eigenvalue weighted by atomic mass is 16.5. The van der Waals surface area contributed by atoms with E-state index in [0.29, 0.717) is 26.2 Å². The Hall–Kier alpha value is -1.06. The van der Waals surface area contributed by atoms with Gasteiger partial charge in [0.1, 0.15) is 12.4 Å². The zero-order chi connectivity index (χ0) is 10.1. The van der Waals surface area contributed by atoms with E-state index < -0.39 is 0 Å². The van der Waals surface area contributed by atoms with Crippen LogP contribution < -0.4 is 4.74 Å². The summed E-state index contributed by atoms with van der Waals surface area (Å²) in [6.45, 7) is 1.89. The molecule has 0 atom stereocenters. The second-order valence-electron chi connectivity index (χ2n) is 2.85. The van der Waals surface area contributed by atoms with Crippen molar-refractivity contribution < 1.29 is 14.6 Å². The van der Waals surface area contributed by atoms with Gasteiger partial charge in [0.05, 0.1) is 6.61 Å². The van der Waals surface area contributed by atoms with Gasteiger partial charge in [0.2, 0.25) is 0 Å². The van der Waals surface area contributed by atoms with Gasteiger partial charge in [0, 0.05) is 13.2 Å². The Morgan fingerprint density at radius 1 is 1.00 bits per heavy atom. The van der Waals surface area contributed by atoms with Gasteiger partial charge in [-0.2, -0.15) is 0 Å². The molecule has 0 saturated heterocycles. The van der Waals surface area contributed by atoms with E-state index >= 15 is 0 Å². The Kier molecular flexibility index (Phi) is 5.79. The molecule has 0 radical (unpaired) electrons. The maximum atomic E-state index is 8.49. The van der Waals surface area contributed by atoms with E-state index in [1.807, 2.05) is 30.3 Å². The SMILES string of the molecule is OCCCOCCOc1ccccc1. The van der Waals surface area contributed by atoms with Crippen molar-refractivity contribution in [3.05, 3.63) is 30.3 Å². The Bertz CT molecular complexity index is 223. The maximum absolute atomic E-state index is 8.49. The fourth-order valence-corrected chi connectivity index (χ4v) is 1.00. The van der Waals surface area contributed by atoms with Gasteiger partial charge >= 0.3 is 0 Å². The number of benzene rings is 1. The fraction of sp³-hybridized carbons (Fsp3) is 0.455. The Morgan fingerprint density at radius 2 is 1.79 bits per heavy atom. The van der Waals surface area contributed by atoms with Gasteiger partial charge in [-0.25, -0.2) is 0 Å². The predicted molar refractivity (Wildman–Crippen MR) is 54.5 cm³/mol. The molecule has 0 unspecified atom stereocenters. The maximum Gasteiger partial charge on any atom is 0.119 e. The van der Waals surface area contributed by atoms with Crippen molar-refractivity contribution >= 4 is 0 Å². The molecule has 0 aliphatic heterocycles. The lowest BCUT2D eigenvalue weighted by Crippen LogP contribution is -2.08. The lowest BCUT2D eigenvalue weighted by Gasteiger charge is -2.06. The summed E-state index contributed by atoms with van der Waals surface area (Å²) in [5, 5.41) is 8.49. The second-order valence-corrected chi connectivity index (χ2v) is 2.85. The molecular weight excluding hydrogens is 180 g/mol. The Morgan fingerprint density at radius 3 is 2.50 bits per heavy atom. The second kappa shape index (κ2) is 7.35. The molecule has 0 aliphatic rings. The Labute approximate surface area is 84.3 Å². The van der Waals surface area contributed by atoms with Gasteiger partial charge in [-0.05, 0) is 18.6 Å². The van der Waals surface area contributed by atoms with E-state index in [-0.39, 0.29) is 6.61 Å². The van der Waals surface area contributed by atoms with Crippen LogP contribution in [0.5, 0.6) is 5.75 Å². The molecule has 1 aromatic rings. The lowest BCUT2D eigenvalue weighted by molar-refractivity contribution is 0.0883. The van der Waals surface area contributed by atoms with Gasteiger partial charge in [-0.3, -0.25) is 0 Å². The van der Waals surface area contributed by atoms with Crippen molar-refractivity contribution in [2.24, 2.45) is 0 Å². The monoisotopic (exact) mass is 196 g/mol. The summed E-state index contributed by atoms with van der Waals surface area (Å²) in [7, 11) is 0. The standard InChI is InChI=1S/C11H16O3/c12-7-4-8-13-9-10-14-11-5-2-1-3-6-11/h1-3,5-6,12H,4,7-10H2. The smallest absolute Gasteiger partial charge is 0.119 e. The molecule has 0 saturated carbocycles. The summed E-state index contributed by atoms with van der Waals surface area (Å²) in [4.78, 5) is 0. The molecule has 0 aromatic heterocycles. The largest absolute Gasteiger partial charge is 0.491 e. The number of aliphatic hydroxyl groups is 1. The average molecular weight is 196 g/mol. The van der Waals surface area contributed by atoms with E-state index in [2.05, 4.69) is 0 Å². The van der Waals surface area contributed by atoms with E-state index in [1.54, 1.807) is 0 Å². The van der Waals surface area contributed by atoms with Crippen LogP contribution in [0.25, 0.3) is 0 Å². The summed E-state index contributed by atoms with van der Waals surface area (Å²) >= 11 is 0. The van der Waals surface area contributed by atoms with Crippen molar-refractivity contribution in [2.45, 2.75) is 6.42 Å². The molecule has 1 aromatic carbocycles. The first-order chi connectivity index (χ1) is 6.93. The van der Waals surface area contributed by atoms with Crippen LogP contribution in [0.2, 0.25) is 0 Å². The van der Waals surface area contributed by atoms with E-state index in [0.717, 1.165) is 5.75 Å². The minimum Gasteiger partial charge on any atom is -0.491 e. The number of ether oxygens (including phenoxy) is 2. The third-order valence-electron chi connectivity index (χ3n) is 1.69. The van der Waals surface area contributed by atoms with E-state index in [9.17, 15) is 0 Å². The van der Waals surface area contributed by atoms with Crippen LogP contribution in [0.3, 0.4) is 0 Å². The highest BCUT2D eigenvalue weighted by Gasteiger charge is 1.91. The van der Waals surface area contributed by atoms with Crippen molar-refractivity contribution in [3.63, 3.8) is 0 Å². The number of rotatable bonds is 7. The van der Waals surface area contributed by atoms with Crippen LogP contribution in [0, 0.1) is 0 Å². The minimum absolute atomic E-state index is 0.180. The summed E-state index contributed by atoms with van der Waals surface area (Å²) < 4.78 is 10.6. The van der Waals surface area contributed by atoms with Gasteiger partial charge in [-0.15, -0.1) is 0 Å². The highest BCUT2D eigenvalue weighted by molar-refractivity contribution is 5.20. The highest BCUT2D eigenvalue weighted by Crippen LogP contribution is 2.07. The van der Waals surface area contributed by atoms with Gasteiger partial charge in [0.15, 0.2) is 0 Å². The molecule has 0 bridgehead atoms. The molecule has 1 N–H and O–H groups in total. The van der Waals surface area contributed by atoms with Crippen LogP contribution in [0.1, 0.15) is 6.42 Å². The quantitative estimate of drug-likeness (QED) is 0.671. The van der Waals surface area contributed by atoms with Crippen LogP contribution in [-0.4, -0.2) is 31.5 Å². The third kappa shape index (κ3) is 4.84. The third-order valence-corrected chi connectivity index (χ3v) is 1.69. The normalized spacial score (nSPS) is 10.1. The van der Waals surface area contributed by atoms with Crippen LogP contribution in [0.4, 0.5) is 0 Å². The number of hydrogen-bond donors (Lipinski definition) is 1. The zero-order valence-corrected chi connectivity index (χ0v) is 8.19. The van der Waals surface area contributed by atoms with Crippen molar-refractivity contribution in [3.8, 4) is 5.75 Å². The van der Waals surface area contributed by atoms with E-state index in [4.69, 9.17) is 14.6 Å².